The zero-order valence-corrected chi connectivity index (χ0v) is 9.56. The lowest BCUT2D eigenvalue weighted by Crippen LogP contribution is -2.09. The van der Waals surface area contributed by atoms with Crippen LogP contribution in [0.4, 0.5) is 0 Å². The SMILES string of the molecule is CCCC(OC)c1noc(C(C)CN)n1. The van der Waals surface area contributed by atoms with Crippen molar-refractivity contribution in [3.63, 3.8) is 0 Å². The van der Waals surface area contributed by atoms with Crippen molar-refractivity contribution in [1.82, 2.24) is 10.1 Å². The molecule has 0 aliphatic carbocycles. The molecule has 1 aromatic rings. The van der Waals surface area contributed by atoms with Crippen LogP contribution in [0.25, 0.3) is 0 Å². The molecule has 15 heavy (non-hydrogen) atoms. The summed E-state index contributed by atoms with van der Waals surface area (Å²) in [6.07, 6.45) is 1.85. The molecule has 2 unspecified atom stereocenters. The van der Waals surface area contributed by atoms with E-state index < -0.39 is 0 Å². The lowest BCUT2D eigenvalue weighted by molar-refractivity contribution is 0.0854. The molecule has 0 saturated heterocycles. The van der Waals surface area contributed by atoms with Crippen LogP contribution in [0.1, 0.15) is 50.4 Å². The largest absolute Gasteiger partial charge is 0.373 e. The third-order valence-corrected chi connectivity index (χ3v) is 2.36. The molecule has 0 bridgehead atoms. The first-order valence-corrected chi connectivity index (χ1v) is 5.29. The molecular weight excluding hydrogens is 194 g/mol. The summed E-state index contributed by atoms with van der Waals surface area (Å²) in [6.45, 7) is 4.56. The maximum Gasteiger partial charge on any atom is 0.230 e. The summed E-state index contributed by atoms with van der Waals surface area (Å²) in [4.78, 5) is 4.29. The molecule has 5 nitrogen and oxygen atoms in total. The van der Waals surface area contributed by atoms with Gasteiger partial charge in [-0.1, -0.05) is 25.4 Å². The molecule has 5 heteroatoms. The number of nitrogens with two attached hydrogens (primary N) is 1. The van der Waals surface area contributed by atoms with Crippen LogP contribution < -0.4 is 5.73 Å². The Morgan fingerprint density at radius 3 is 2.80 bits per heavy atom. The second-order valence-electron chi connectivity index (χ2n) is 3.64. The maximum atomic E-state index is 5.52. The van der Waals surface area contributed by atoms with Gasteiger partial charge in [0.2, 0.25) is 11.7 Å². The van der Waals surface area contributed by atoms with Crippen LogP contribution in [0.15, 0.2) is 4.52 Å². The Labute approximate surface area is 90.0 Å². The molecular formula is C10H19N3O2. The highest BCUT2D eigenvalue weighted by Crippen LogP contribution is 2.21. The molecule has 0 fully saturated rings. The Kier molecular flexibility index (Phi) is 4.71. The molecule has 1 aromatic heterocycles. The standard InChI is InChI=1S/C10H19N3O2/c1-4-5-8(14-3)9-12-10(15-13-9)7(2)6-11/h7-8H,4-6,11H2,1-3H3. The third kappa shape index (κ3) is 3.00. The van der Waals surface area contributed by atoms with Crippen LogP contribution in [0.2, 0.25) is 0 Å². The van der Waals surface area contributed by atoms with Gasteiger partial charge in [0.05, 0.1) is 0 Å². The maximum absolute atomic E-state index is 5.52. The highest BCUT2D eigenvalue weighted by atomic mass is 16.5. The van der Waals surface area contributed by atoms with Gasteiger partial charge in [0.15, 0.2) is 0 Å². The average Bonchev–Trinajstić information content (AvgIpc) is 2.73. The fourth-order valence-electron chi connectivity index (χ4n) is 1.29. The number of ether oxygens (including phenoxy) is 1. The summed E-state index contributed by atoms with van der Waals surface area (Å²) in [5.74, 6) is 1.31. The van der Waals surface area contributed by atoms with E-state index in [2.05, 4.69) is 17.1 Å². The van der Waals surface area contributed by atoms with Gasteiger partial charge >= 0.3 is 0 Å². The van der Waals surface area contributed by atoms with Gasteiger partial charge in [-0.25, -0.2) is 0 Å². The summed E-state index contributed by atoms with van der Waals surface area (Å²) >= 11 is 0. The number of methoxy groups -OCH3 is 1. The zero-order valence-electron chi connectivity index (χ0n) is 9.56. The average molecular weight is 213 g/mol. The van der Waals surface area contributed by atoms with Crippen molar-refractivity contribution in [2.75, 3.05) is 13.7 Å². The van der Waals surface area contributed by atoms with E-state index in [9.17, 15) is 0 Å². The van der Waals surface area contributed by atoms with Crippen LogP contribution in [0.3, 0.4) is 0 Å². The van der Waals surface area contributed by atoms with Gasteiger partial charge in [0, 0.05) is 19.6 Å². The quantitative estimate of drug-likeness (QED) is 0.777. The van der Waals surface area contributed by atoms with Crippen molar-refractivity contribution in [3.05, 3.63) is 11.7 Å². The predicted molar refractivity (Wildman–Crippen MR) is 56.4 cm³/mol. The topological polar surface area (TPSA) is 74.2 Å². The number of hydrogen-bond acceptors (Lipinski definition) is 5. The molecule has 2 N–H and O–H groups in total. The first-order valence-electron chi connectivity index (χ1n) is 5.29. The van der Waals surface area contributed by atoms with Crippen LogP contribution >= 0.6 is 0 Å². The van der Waals surface area contributed by atoms with Crippen molar-refractivity contribution in [1.29, 1.82) is 0 Å². The van der Waals surface area contributed by atoms with Crippen LogP contribution in [0.5, 0.6) is 0 Å². The van der Waals surface area contributed by atoms with E-state index in [1.165, 1.54) is 0 Å². The monoisotopic (exact) mass is 213 g/mol. The summed E-state index contributed by atoms with van der Waals surface area (Å²) in [5, 5.41) is 3.91. The molecule has 1 heterocycles. The Morgan fingerprint density at radius 2 is 2.27 bits per heavy atom. The summed E-state index contributed by atoms with van der Waals surface area (Å²) in [7, 11) is 1.66. The lowest BCUT2D eigenvalue weighted by Gasteiger charge is -2.08. The van der Waals surface area contributed by atoms with Gasteiger partial charge in [-0.2, -0.15) is 4.98 Å². The van der Waals surface area contributed by atoms with Gasteiger partial charge in [-0.15, -0.1) is 0 Å². The summed E-state index contributed by atoms with van der Waals surface area (Å²) in [5.41, 5.74) is 5.52. The molecule has 0 amide bonds. The highest BCUT2D eigenvalue weighted by molar-refractivity contribution is 4.95. The minimum Gasteiger partial charge on any atom is -0.373 e. The molecule has 0 aliphatic heterocycles. The Balaban J connectivity index is 2.72. The molecule has 1 rings (SSSR count). The number of nitrogens with zero attached hydrogens (tertiary/aromatic N) is 2. The van der Waals surface area contributed by atoms with Gasteiger partial charge in [-0.3, -0.25) is 0 Å². The van der Waals surface area contributed by atoms with E-state index >= 15 is 0 Å². The van der Waals surface area contributed by atoms with Gasteiger partial charge < -0.3 is 15.0 Å². The second-order valence-corrected chi connectivity index (χ2v) is 3.64. The summed E-state index contributed by atoms with van der Waals surface area (Å²) in [6, 6.07) is 0. The zero-order chi connectivity index (χ0) is 11.3. The highest BCUT2D eigenvalue weighted by Gasteiger charge is 2.19. The minimum absolute atomic E-state index is 0.0718. The third-order valence-electron chi connectivity index (χ3n) is 2.36. The second kappa shape index (κ2) is 5.82. The van der Waals surface area contributed by atoms with Crippen molar-refractivity contribution >= 4 is 0 Å². The van der Waals surface area contributed by atoms with Crippen molar-refractivity contribution in [3.8, 4) is 0 Å². The Morgan fingerprint density at radius 1 is 1.53 bits per heavy atom. The molecule has 0 spiro atoms. The molecule has 2 atom stereocenters. The van der Waals surface area contributed by atoms with Crippen LogP contribution in [0, 0.1) is 0 Å². The van der Waals surface area contributed by atoms with Crippen molar-refractivity contribution in [2.24, 2.45) is 5.73 Å². The number of rotatable bonds is 6. The van der Waals surface area contributed by atoms with Gasteiger partial charge in [0.1, 0.15) is 6.10 Å². The lowest BCUT2D eigenvalue weighted by atomic mass is 10.2. The molecule has 86 valence electrons. The molecule has 0 radical (unpaired) electrons. The number of hydrogen-bond donors (Lipinski definition) is 1. The van der Waals surface area contributed by atoms with Gasteiger partial charge in [-0.05, 0) is 6.42 Å². The smallest absolute Gasteiger partial charge is 0.230 e. The van der Waals surface area contributed by atoms with Crippen LogP contribution in [-0.2, 0) is 4.74 Å². The fraction of sp³-hybridized carbons (Fsp3) is 0.800. The predicted octanol–water partition coefficient (Wildman–Crippen LogP) is 1.62. The first-order chi connectivity index (χ1) is 7.22. The van der Waals surface area contributed by atoms with Gasteiger partial charge in [0.25, 0.3) is 0 Å². The van der Waals surface area contributed by atoms with E-state index in [1.54, 1.807) is 7.11 Å². The molecule has 0 aromatic carbocycles. The number of aromatic nitrogens is 2. The normalized spacial score (nSPS) is 15.2. The van der Waals surface area contributed by atoms with E-state index in [0.29, 0.717) is 18.3 Å². The van der Waals surface area contributed by atoms with E-state index in [0.717, 1.165) is 12.8 Å². The Hall–Kier alpha value is -0.940. The van der Waals surface area contributed by atoms with E-state index in [4.69, 9.17) is 15.0 Å². The van der Waals surface area contributed by atoms with Crippen molar-refractivity contribution < 1.29 is 9.26 Å². The molecule has 0 saturated carbocycles. The Bertz CT molecular complexity index is 288. The van der Waals surface area contributed by atoms with Crippen molar-refractivity contribution in [2.45, 2.75) is 38.7 Å². The first kappa shape index (κ1) is 12.1. The minimum atomic E-state index is -0.0718. The van der Waals surface area contributed by atoms with E-state index in [-0.39, 0.29) is 12.0 Å². The summed E-state index contributed by atoms with van der Waals surface area (Å²) < 4.78 is 10.4. The van der Waals surface area contributed by atoms with Crippen LogP contribution in [-0.4, -0.2) is 23.8 Å². The van der Waals surface area contributed by atoms with E-state index in [1.807, 2.05) is 6.92 Å². The fourth-order valence-corrected chi connectivity index (χ4v) is 1.29. The molecule has 0 aliphatic rings.